The van der Waals surface area contributed by atoms with Gasteiger partial charge in [-0.25, -0.2) is 4.79 Å². The lowest BCUT2D eigenvalue weighted by molar-refractivity contribution is -0.158. The predicted octanol–water partition coefficient (Wildman–Crippen LogP) is 4.18. The molecule has 0 spiro atoms. The molecule has 0 rings (SSSR count). The van der Waals surface area contributed by atoms with Gasteiger partial charge in [0.1, 0.15) is 5.41 Å². The van der Waals surface area contributed by atoms with Gasteiger partial charge in [-0.1, -0.05) is 65.4 Å². The number of rotatable bonds is 15. The van der Waals surface area contributed by atoms with E-state index >= 15 is 0 Å². The molecule has 1 unspecified atom stereocenters. The van der Waals surface area contributed by atoms with E-state index in [1.165, 1.54) is 0 Å². The van der Waals surface area contributed by atoms with Crippen molar-refractivity contribution in [1.82, 2.24) is 0 Å². The van der Waals surface area contributed by atoms with Crippen molar-refractivity contribution in [1.29, 1.82) is 0 Å². The molecule has 0 heterocycles. The summed E-state index contributed by atoms with van der Waals surface area (Å²) in [5.41, 5.74) is -2.26. The summed E-state index contributed by atoms with van der Waals surface area (Å²) < 4.78 is 5.12. The highest BCUT2D eigenvalue weighted by molar-refractivity contribution is 5.98. The Balaban J connectivity index is 4.96. The van der Waals surface area contributed by atoms with Crippen LogP contribution in [0.25, 0.3) is 0 Å². The van der Waals surface area contributed by atoms with Gasteiger partial charge in [0, 0.05) is 5.57 Å². The van der Waals surface area contributed by atoms with Crippen LogP contribution in [0.3, 0.4) is 0 Å². The quantitative estimate of drug-likeness (QED) is 0.259. The molecule has 0 aliphatic rings. The van der Waals surface area contributed by atoms with Crippen molar-refractivity contribution < 1.29 is 29.3 Å². The molecule has 0 aliphatic heterocycles. The molecule has 1 atom stereocenters. The van der Waals surface area contributed by atoms with Crippen molar-refractivity contribution >= 4 is 17.9 Å². The number of esters is 1. The number of carboxylic acid groups (broad SMARTS) is 2. The highest BCUT2D eigenvalue weighted by Gasteiger charge is 2.46. The lowest BCUT2D eigenvalue weighted by Gasteiger charge is -2.28. The van der Waals surface area contributed by atoms with E-state index in [4.69, 9.17) is 4.74 Å². The number of ether oxygens (including phenoxy) is 1. The van der Waals surface area contributed by atoms with Crippen LogP contribution < -0.4 is 0 Å². The van der Waals surface area contributed by atoms with Crippen LogP contribution in [0.15, 0.2) is 12.2 Å². The van der Waals surface area contributed by atoms with Crippen molar-refractivity contribution in [3.8, 4) is 0 Å². The summed E-state index contributed by atoms with van der Waals surface area (Å²) in [4.78, 5) is 35.3. The number of hydrogen-bond donors (Lipinski definition) is 2. The molecule has 0 bridgehead atoms. The second-order valence-corrected chi connectivity index (χ2v) is 6.44. The summed E-state index contributed by atoms with van der Waals surface area (Å²) in [7, 11) is 0. The summed E-state index contributed by atoms with van der Waals surface area (Å²) >= 11 is 0. The van der Waals surface area contributed by atoms with Crippen LogP contribution in [0, 0.1) is 5.41 Å². The minimum absolute atomic E-state index is 0.0679. The van der Waals surface area contributed by atoms with Crippen molar-refractivity contribution in [2.75, 3.05) is 6.61 Å². The first kappa shape index (κ1) is 23.1. The number of carboxylic acids is 2. The molecular weight excluding hydrogens is 324 g/mol. The zero-order valence-corrected chi connectivity index (χ0v) is 15.5. The van der Waals surface area contributed by atoms with Gasteiger partial charge in [0.2, 0.25) is 0 Å². The molecule has 144 valence electrons. The lowest BCUT2D eigenvalue weighted by Crippen LogP contribution is -2.38. The Kier molecular flexibility index (Phi) is 11.6. The molecule has 0 aromatic heterocycles. The van der Waals surface area contributed by atoms with Crippen LogP contribution in [0.1, 0.15) is 78.1 Å². The number of carbonyl (C=O) groups is 3. The third kappa shape index (κ3) is 8.18. The third-order valence-electron chi connectivity index (χ3n) is 4.41. The largest absolute Gasteiger partial charge is 0.481 e. The maximum absolute atomic E-state index is 12.1. The number of unbranched alkanes of at least 4 members (excludes halogenated alkanes) is 6. The van der Waals surface area contributed by atoms with Gasteiger partial charge in [-0.05, 0) is 12.8 Å². The average molecular weight is 356 g/mol. The number of hydrogen-bond acceptors (Lipinski definition) is 4. The van der Waals surface area contributed by atoms with E-state index in [0.29, 0.717) is 6.42 Å². The Hall–Kier alpha value is -1.85. The monoisotopic (exact) mass is 356 g/mol. The number of carbonyl (C=O) groups excluding carboxylic acids is 1. The lowest BCUT2D eigenvalue weighted by atomic mass is 9.73. The van der Waals surface area contributed by atoms with Crippen molar-refractivity contribution in [2.45, 2.75) is 78.1 Å². The van der Waals surface area contributed by atoms with E-state index in [1.807, 2.05) is 6.92 Å². The van der Waals surface area contributed by atoms with Crippen LogP contribution in [-0.2, 0) is 19.1 Å². The summed E-state index contributed by atoms with van der Waals surface area (Å²) in [5, 5.41) is 18.9. The van der Waals surface area contributed by atoms with Gasteiger partial charge in [0.05, 0.1) is 13.0 Å². The van der Waals surface area contributed by atoms with Crippen molar-refractivity contribution in [3.05, 3.63) is 12.2 Å². The summed E-state index contributed by atoms with van der Waals surface area (Å²) in [6.07, 6.45) is 6.54. The maximum Gasteiger partial charge on any atom is 0.332 e. The van der Waals surface area contributed by atoms with E-state index in [2.05, 4.69) is 13.5 Å². The van der Waals surface area contributed by atoms with E-state index in [0.717, 1.165) is 44.9 Å². The van der Waals surface area contributed by atoms with Crippen LogP contribution in [0.4, 0.5) is 0 Å². The highest BCUT2D eigenvalue weighted by atomic mass is 16.5. The van der Waals surface area contributed by atoms with Crippen LogP contribution >= 0.6 is 0 Å². The minimum Gasteiger partial charge on any atom is -0.481 e. The Morgan fingerprint density at radius 3 is 1.96 bits per heavy atom. The van der Waals surface area contributed by atoms with Gasteiger partial charge in [-0.3, -0.25) is 9.59 Å². The standard InChI is InChI=1S/C19H32O6/c1-4-6-8-10-12-19(18(23)24,15(3)17(21)22)14-16(20)25-13-11-9-7-5-2/h3-14H2,1-2H3,(H,21,22)(H,23,24). The molecular formula is C19H32O6. The fourth-order valence-electron chi connectivity index (χ4n) is 2.73. The molecule has 0 aromatic rings. The van der Waals surface area contributed by atoms with Gasteiger partial charge in [-0.2, -0.15) is 0 Å². The molecule has 0 amide bonds. The van der Waals surface area contributed by atoms with Crippen LogP contribution in [0.5, 0.6) is 0 Å². The molecule has 0 aromatic carbocycles. The molecule has 0 saturated carbocycles. The van der Waals surface area contributed by atoms with Gasteiger partial charge in [0.25, 0.3) is 0 Å². The first-order chi connectivity index (χ1) is 11.8. The first-order valence-electron chi connectivity index (χ1n) is 9.13. The fourth-order valence-corrected chi connectivity index (χ4v) is 2.73. The van der Waals surface area contributed by atoms with Gasteiger partial charge < -0.3 is 14.9 Å². The summed E-state index contributed by atoms with van der Waals surface area (Å²) in [5.74, 6) is -3.41. The Morgan fingerprint density at radius 1 is 0.920 bits per heavy atom. The summed E-state index contributed by atoms with van der Waals surface area (Å²) in [6, 6.07) is 0. The zero-order valence-electron chi connectivity index (χ0n) is 15.5. The van der Waals surface area contributed by atoms with Crippen molar-refractivity contribution in [2.24, 2.45) is 5.41 Å². The molecule has 6 heteroatoms. The predicted molar refractivity (Wildman–Crippen MR) is 95.3 cm³/mol. The normalized spacial score (nSPS) is 13.0. The van der Waals surface area contributed by atoms with Crippen molar-refractivity contribution in [3.63, 3.8) is 0 Å². The third-order valence-corrected chi connectivity index (χ3v) is 4.41. The maximum atomic E-state index is 12.1. The Morgan fingerprint density at radius 2 is 1.48 bits per heavy atom. The van der Waals surface area contributed by atoms with E-state index in [9.17, 15) is 24.6 Å². The fraction of sp³-hybridized carbons (Fsp3) is 0.737. The molecule has 0 radical (unpaired) electrons. The second-order valence-electron chi connectivity index (χ2n) is 6.44. The van der Waals surface area contributed by atoms with Gasteiger partial charge >= 0.3 is 17.9 Å². The minimum atomic E-state index is -1.81. The Labute approximate surface area is 150 Å². The van der Waals surface area contributed by atoms with E-state index < -0.39 is 35.3 Å². The molecule has 6 nitrogen and oxygen atoms in total. The average Bonchev–Trinajstić information content (AvgIpc) is 2.56. The summed E-state index contributed by atoms with van der Waals surface area (Å²) in [6.45, 7) is 7.76. The second kappa shape index (κ2) is 12.5. The Bertz CT molecular complexity index is 457. The van der Waals surface area contributed by atoms with Crippen LogP contribution in [0.2, 0.25) is 0 Å². The molecule has 0 saturated heterocycles. The molecule has 0 fully saturated rings. The first-order valence-corrected chi connectivity index (χ1v) is 9.13. The van der Waals surface area contributed by atoms with E-state index in [1.54, 1.807) is 0 Å². The zero-order chi connectivity index (χ0) is 19.3. The highest BCUT2D eigenvalue weighted by Crippen LogP contribution is 2.37. The smallest absolute Gasteiger partial charge is 0.332 e. The molecule has 2 N–H and O–H groups in total. The van der Waals surface area contributed by atoms with Gasteiger partial charge in [0.15, 0.2) is 0 Å². The number of aliphatic carboxylic acids is 2. The van der Waals surface area contributed by atoms with E-state index in [-0.39, 0.29) is 13.0 Å². The molecule has 25 heavy (non-hydrogen) atoms. The molecule has 0 aliphatic carbocycles. The SMILES string of the molecule is C=C(C(=O)O)C(CCCCCC)(CC(=O)OCCCCCC)C(=O)O. The topological polar surface area (TPSA) is 101 Å². The van der Waals surface area contributed by atoms with Crippen LogP contribution in [-0.4, -0.2) is 34.7 Å². The van der Waals surface area contributed by atoms with Gasteiger partial charge in [-0.15, -0.1) is 0 Å².